The zero-order valence-electron chi connectivity index (χ0n) is 14.5. The zero-order valence-corrected chi connectivity index (χ0v) is 14.5. The molecule has 4 N–H and O–H groups in total. The normalized spacial score (nSPS) is 9.91. The molecule has 0 aliphatic carbocycles. The van der Waals surface area contributed by atoms with Crippen molar-refractivity contribution in [1.29, 1.82) is 5.26 Å². The van der Waals surface area contributed by atoms with E-state index in [1.165, 1.54) is 0 Å². The molecule has 132 valence electrons. The van der Waals surface area contributed by atoms with E-state index in [9.17, 15) is 0 Å². The predicted octanol–water partition coefficient (Wildman–Crippen LogP) is 1.27. The average molecular weight is 316 g/mol. The van der Waals surface area contributed by atoms with E-state index in [4.69, 9.17) is 20.5 Å². The van der Waals surface area contributed by atoms with Gasteiger partial charge in [0.15, 0.2) is 0 Å². The van der Waals surface area contributed by atoms with Gasteiger partial charge in [-0.2, -0.15) is 5.26 Å². The Kier molecular flexibility index (Phi) is 27.0. The van der Waals surface area contributed by atoms with Gasteiger partial charge in [0.1, 0.15) is 0 Å². The molecule has 0 aromatic heterocycles. The van der Waals surface area contributed by atoms with Crippen LogP contribution in [0.1, 0.15) is 39.5 Å². The van der Waals surface area contributed by atoms with Crippen molar-refractivity contribution in [2.75, 3.05) is 59.2 Å². The Morgan fingerprint density at radius 3 is 1.82 bits per heavy atom. The second kappa shape index (κ2) is 25.3. The van der Waals surface area contributed by atoms with Crippen molar-refractivity contribution in [1.82, 2.24) is 10.6 Å². The van der Waals surface area contributed by atoms with Crippen molar-refractivity contribution in [2.45, 2.75) is 39.5 Å². The van der Waals surface area contributed by atoms with E-state index in [1.54, 1.807) is 0 Å². The molecule has 0 saturated carbocycles. The number of rotatable bonds is 15. The van der Waals surface area contributed by atoms with Crippen LogP contribution >= 0.6 is 0 Å². The third-order valence-corrected chi connectivity index (χ3v) is 2.66. The third-order valence-electron chi connectivity index (χ3n) is 2.66. The first-order valence-electron chi connectivity index (χ1n) is 8.47. The van der Waals surface area contributed by atoms with E-state index in [1.807, 2.05) is 13.8 Å². The Balaban J connectivity index is 0. The Hall–Kier alpha value is -0.710. The molecule has 6 nitrogen and oxygen atoms in total. The Bertz CT molecular complexity index is 215. The highest BCUT2D eigenvalue weighted by Crippen LogP contribution is 1.81. The van der Waals surface area contributed by atoms with Gasteiger partial charge in [0.25, 0.3) is 0 Å². The fraction of sp³-hybridized carbons (Fsp3) is 0.938. The van der Waals surface area contributed by atoms with Crippen LogP contribution in [0, 0.1) is 11.3 Å². The van der Waals surface area contributed by atoms with Gasteiger partial charge in [0, 0.05) is 39.4 Å². The van der Waals surface area contributed by atoms with Crippen LogP contribution < -0.4 is 16.4 Å². The second-order valence-electron chi connectivity index (χ2n) is 4.65. The van der Waals surface area contributed by atoms with E-state index in [0.29, 0.717) is 6.42 Å². The summed E-state index contributed by atoms with van der Waals surface area (Å²) >= 11 is 0. The number of nitrogens with one attached hydrogen (secondary N) is 2. The van der Waals surface area contributed by atoms with Crippen LogP contribution in [0.15, 0.2) is 0 Å². The largest absolute Gasteiger partial charge is 0.382 e. The summed E-state index contributed by atoms with van der Waals surface area (Å²) in [5, 5.41) is 14.6. The summed E-state index contributed by atoms with van der Waals surface area (Å²) in [6.45, 7) is 11.9. The molecular weight excluding hydrogens is 280 g/mol. The Labute approximate surface area is 136 Å². The molecule has 0 saturated heterocycles. The van der Waals surface area contributed by atoms with Crippen LogP contribution in [0.2, 0.25) is 0 Å². The molecule has 6 heteroatoms. The van der Waals surface area contributed by atoms with Crippen molar-refractivity contribution in [3.63, 3.8) is 0 Å². The minimum atomic E-state index is 0.592. The van der Waals surface area contributed by atoms with Gasteiger partial charge >= 0.3 is 0 Å². The summed E-state index contributed by atoms with van der Waals surface area (Å²) < 4.78 is 10.3. The van der Waals surface area contributed by atoms with E-state index >= 15 is 0 Å². The summed E-state index contributed by atoms with van der Waals surface area (Å²) in [5.41, 5.74) is 5.33. The number of nitriles is 1. The van der Waals surface area contributed by atoms with E-state index in [0.717, 1.165) is 78.4 Å². The summed E-state index contributed by atoms with van der Waals surface area (Å²) in [5.74, 6) is 0. The molecule has 0 fully saturated rings. The van der Waals surface area contributed by atoms with Crippen LogP contribution in [0.5, 0.6) is 0 Å². The SMILES string of the molecule is CCOCCCNCCC#N.CCOCCCNCCCN. The number of hydrogen-bond acceptors (Lipinski definition) is 6. The van der Waals surface area contributed by atoms with Gasteiger partial charge in [-0.05, 0) is 59.3 Å². The van der Waals surface area contributed by atoms with E-state index < -0.39 is 0 Å². The highest BCUT2D eigenvalue weighted by atomic mass is 16.5. The van der Waals surface area contributed by atoms with Gasteiger partial charge in [-0.1, -0.05) is 0 Å². The smallest absolute Gasteiger partial charge is 0.0635 e. The summed E-state index contributed by atoms with van der Waals surface area (Å²) in [6, 6.07) is 2.08. The molecule has 0 aliphatic rings. The molecule has 0 aliphatic heterocycles. The van der Waals surface area contributed by atoms with Gasteiger partial charge in [-0.15, -0.1) is 0 Å². The Morgan fingerprint density at radius 2 is 1.36 bits per heavy atom. The molecule has 0 heterocycles. The van der Waals surface area contributed by atoms with E-state index in [-0.39, 0.29) is 0 Å². The lowest BCUT2D eigenvalue weighted by atomic mass is 10.4. The maximum absolute atomic E-state index is 8.19. The number of ether oxygens (including phenoxy) is 2. The fourth-order valence-electron chi connectivity index (χ4n) is 1.51. The van der Waals surface area contributed by atoms with Crippen LogP contribution in [0.3, 0.4) is 0 Å². The van der Waals surface area contributed by atoms with Crippen molar-refractivity contribution < 1.29 is 9.47 Å². The average Bonchev–Trinajstić information content (AvgIpc) is 2.54. The zero-order chi connectivity index (χ0) is 16.7. The quantitative estimate of drug-likeness (QED) is 0.394. The highest BCUT2D eigenvalue weighted by molar-refractivity contribution is 4.69. The molecule has 0 unspecified atom stereocenters. The molecule has 0 bridgehead atoms. The number of hydrogen-bond donors (Lipinski definition) is 3. The van der Waals surface area contributed by atoms with Crippen molar-refractivity contribution in [3.8, 4) is 6.07 Å². The molecule has 0 atom stereocenters. The van der Waals surface area contributed by atoms with Crippen LogP contribution in [0.4, 0.5) is 0 Å². The van der Waals surface area contributed by atoms with Gasteiger partial charge in [-0.3, -0.25) is 0 Å². The maximum Gasteiger partial charge on any atom is 0.0635 e. The standard InChI is InChI=1S/C8H20N2O.C8H16N2O/c2*1-2-11-8-4-7-10-6-3-5-9/h10H,2-9H2,1H3;10H,2-4,6-8H2,1H3. The molecule has 0 radical (unpaired) electrons. The monoisotopic (exact) mass is 316 g/mol. The summed E-state index contributed by atoms with van der Waals surface area (Å²) in [4.78, 5) is 0. The van der Waals surface area contributed by atoms with Crippen LogP contribution in [0.25, 0.3) is 0 Å². The van der Waals surface area contributed by atoms with Crippen molar-refractivity contribution in [2.24, 2.45) is 5.73 Å². The van der Waals surface area contributed by atoms with Gasteiger partial charge in [0.05, 0.1) is 6.07 Å². The topological polar surface area (TPSA) is 92.3 Å². The minimum absolute atomic E-state index is 0.592. The molecule has 0 aromatic carbocycles. The first-order valence-corrected chi connectivity index (χ1v) is 8.47. The molecule has 0 aromatic rings. The first-order chi connectivity index (χ1) is 10.8. The molecule has 22 heavy (non-hydrogen) atoms. The van der Waals surface area contributed by atoms with Gasteiger partial charge < -0.3 is 25.8 Å². The van der Waals surface area contributed by atoms with Crippen LogP contribution in [-0.4, -0.2) is 59.2 Å². The van der Waals surface area contributed by atoms with Gasteiger partial charge in [-0.25, -0.2) is 0 Å². The molecule has 0 rings (SSSR count). The molecule has 0 spiro atoms. The predicted molar refractivity (Wildman–Crippen MR) is 91.9 cm³/mol. The van der Waals surface area contributed by atoms with E-state index in [2.05, 4.69) is 16.7 Å². The lowest BCUT2D eigenvalue weighted by molar-refractivity contribution is 0.144. The molecular formula is C16H36N4O2. The summed E-state index contributed by atoms with van der Waals surface area (Å²) in [7, 11) is 0. The minimum Gasteiger partial charge on any atom is -0.382 e. The lowest BCUT2D eigenvalue weighted by Crippen LogP contribution is -2.20. The number of nitrogens with two attached hydrogens (primary N) is 1. The highest BCUT2D eigenvalue weighted by Gasteiger charge is 1.87. The van der Waals surface area contributed by atoms with Gasteiger partial charge in [0.2, 0.25) is 0 Å². The maximum atomic E-state index is 8.19. The van der Waals surface area contributed by atoms with Crippen LogP contribution in [-0.2, 0) is 9.47 Å². The Morgan fingerprint density at radius 1 is 0.864 bits per heavy atom. The molecule has 0 amide bonds. The van der Waals surface area contributed by atoms with Crippen molar-refractivity contribution in [3.05, 3.63) is 0 Å². The summed E-state index contributed by atoms with van der Waals surface area (Å²) in [6.07, 6.45) is 3.78. The fourth-order valence-corrected chi connectivity index (χ4v) is 1.51. The third kappa shape index (κ3) is 27.6. The first kappa shape index (κ1) is 23.6. The lowest BCUT2D eigenvalue weighted by Gasteiger charge is -2.02. The second-order valence-corrected chi connectivity index (χ2v) is 4.65. The number of nitrogens with zero attached hydrogens (tertiary/aromatic N) is 1. The van der Waals surface area contributed by atoms with Crippen molar-refractivity contribution >= 4 is 0 Å².